The maximum absolute atomic E-state index is 12.0. The molecule has 0 aliphatic carbocycles. The maximum Gasteiger partial charge on any atom is 0.291 e. The van der Waals surface area contributed by atoms with Crippen LogP contribution < -0.4 is 5.43 Å². The minimum Gasteiger partial charge on any atom is -0.460 e. The van der Waals surface area contributed by atoms with Gasteiger partial charge < -0.3 is 4.42 Å². The Morgan fingerprint density at radius 2 is 2.22 bits per heavy atom. The van der Waals surface area contributed by atoms with Crippen LogP contribution in [0.5, 0.6) is 0 Å². The Morgan fingerprint density at radius 3 is 2.96 bits per heavy atom. The number of furan rings is 1. The van der Waals surface area contributed by atoms with Crippen LogP contribution in [0.15, 0.2) is 56.5 Å². The van der Waals surface area contributed by atoms with Crippen LogP contribution in [-0.2, 0) is 0 Å². The number of benzene rings is 1. The number of hydrogen-bond donors (Lipinski definition) is 2. The lowest BCUT2D eigenvalue weighted by Crippen LogP contribution is -2.17. The lowest BCUT2D eigenvalue weighted by Gasteiger charge is -1.96. The average molecular weight is 373 g/mol. The van der Waals surface area contributed by atoms with Crippen molar-refractivity contribution in [2.75, 3.05) is 0 Å². The number of H-pyrrole nitrogens is 1. The third kappa shape index (κ3) is 3.75. The number of nitrogens with zero attached hydrogens (tertiary/aromatic N) is 2. The van der Waals surface area contributed by atoms with Gasteiger partial charge in [0.2, 0.25) is 0 Å². The fraction of sp³-hybridized carbons (Fsp3) is 0.0625. The number of halogens is 1. The molecule has 2 aromatic heterocycles. The van der Waals surface area contributed by atoms with Gasteiger partial charge in [-0.1, -0.05) is 28.1 Å². The molecule has 23 heavy (non-hydrogen) atoms. The van der Waals surface area contributed by atoms with Gasteiger partial charge in [0, 0.05) is 10.5 Å². The predicted molar refractivity (Wildman–Crippen MR) is 90.2 cm³/mol. The number of rotatable bonds is 4. The predicted octanol–water partition coefficient (Wildman–Crippen LogP) is 3.50. The molecule has 2 heterocycles. The monoisotopic (exact) mass is 372 g/mol. The summed E-state index contributed by atoms with van der Waals surface area (Å²) in [5.41, 5.74) is 4.18. The topological polar surface area (TPSA) is 83.3 Å². The number of nitrogens with one attached hydrogen (secondary N) is 2. The quantitative estimate of drug-likeness (QED) is 0.542. The Morgan fingerprint density at radius 1 is 1.35 bits per heavy atom. The molecular weight excluding hydrogens is 360 g/mol. The second-order valence-corrected chi connectivity index (χ2v) is 5.75. The van der Waals surface area contributed by atoms with Gasteiger partial charge in [-0.3, -0.25) is 9.89 Å². The molecular formula is C16H13BrN4O2. The minimum atomic E-state index is -0.401. The van der Waals surface area contributed by atoms with Gasteiger partial charge in [-0.05, 0) is 36.8 Å². The number of hydrogen-bond acceptors (Lipinski definition) is 4. The largest absolute Gasteiger partial charge is 0.460 e. The molecule has 0 spiro atoms. The minimum absolute atomic E-state index is 0.237. The summed E-state index contributed by atoms with van der Waals surface area (Å²) < 4.78 is 6.42. The lowest BCUT2D eigenvalue weighted by atomic mass is 10.2. The molecule has 0 aliphatic rings. The Kier molecular flexibility index (Phi) is 4.38. The van der Waals surface area contributed by atoms with E-state index in [4.69, 9.17) is 4.42 Å². The summed E-state index contributed by atoms with van der Waals surface area (Å²) in [5, 5.41) is 10.7. The molecule has 0 saturated carbocycles. The highest BCUT2D eigenvalue weighted by molar-refractivity contribution is 9.10. The van der Waals surface area contributed by atoms with E-state index in [0.29, 0.717) is 11.5 Å². The van der Waals surface area contributed by atoms with Crippen LogP contribution in [0, 0.1) is 6.92 Å². The van der Waals surface area contributed by atoms with E-state index < -0.39 is 5.91 Å². The van der Waals surface area contributed by atoms with Crippen LogP contribution in [0.3, 0.4) is 0 Å². The van der Waals surface area contributed by atoms with Crippen molar-refractivity contribution >= 4 is 28.1 Å². The Balaban J connectivity index is 1.66. The third-order valence-electron chi connectivity index (χ3n) is 3.04. The van der Waals surface area contributed by atoms with Gasteiger partial charge in [0.05, 0.1) is 6.21 Å². The molecule has 0 bridgehead atoms. The Bertz CT molecular complexity index is 866. The third-order valence-corrected chi connectivity index (χ3v) is 3.54. The molecule has 1 aromatic carbocycles. The maximum atomic E-state index is 12.0. The van der Waals surface area contributed by atoms with Gasteiger partial charge >= 0.3 is 0 Å². The number of carbonyl (C=O) groups is 1. The second-order valence-electron chi connectivity index (χ2n) is 4.83. The van der Waals surface area contributed by atoms with Crippen molar-refractivity contribution in [1.82, 2.24) is 15.6 Å². The van der Waals surface area contributed by atoms with Crippen molar-refractivity contribution in [3.63, 3.8) is 0 Å². The van der Waals surface area contributed by atoms with Crippen LogP contribution in [0.1, 0.15) is 21.8 Å². The van der Waals surface area contributed by atoms with Crippen molar-refractivity contribution < 1.29 is 9.21 Å². The molecule has 3 aromatic rings. The molecule has 2 N–H and O–H groups in total. The first-order valence-corrected chi connectivity index (χ1v) is 7.62. The Hall–Kier alpha value is -2.67. The summed E-state index contributed by atoms with van der Waals surface area (Å²) in [6.45, 7) is 1.85. The van der Waals surface area contributed by atoms with Gasteiger partial charge in [0.1, 0.15) is 11.5 Å². The first kappa shape index (κ1) is 15.2. The van der Waals surface area contributed by atoms with Crippen LogP contribution in [-0.4, -0.2) is 22.3 Å². The van der Waals surface area contributed by atoms with Gasteiger partial charge in [-0.25, -0.2) is 5.43 Å². The Labute approximate surface area is 140 Å². The zero-order valence-corrected chi connectivity index (χ0v) is 13.8. The normalized spacial score (nSPS) is 11.0. The molecule has 1 amide bonds. The SMILES string of the molecule is Cc1ccc(-c2cc(C(=O)NN=Cc3cccc(Br)c3)n[nH]2)o1. The summed E-state index contributed by atoms with van der Waals surface area (Å²) in [6, 6.07) is 12.8. The van der Waals surface area contributed by atoms with E-state index in [0.717, 1.165) is 15.8 Å². The molecule has 7 heteroatoms. The van der Waals surface area contributed by atoms with E-state index in [1.54, 1.807) is 12.3 Å². The fourth-order valence-corrected chi connectivity index (χ4v) is 2.37. The van der Waals surface area contributed by atoms with Crippen molar-refractivity contribution in [3.8, 4) is 11.5 Å². The highest BCUT2D eigenvalue weighted by atomic mass is 79.9. The molecule has 0 radical (unpaired) electrons. The first-order chi connectivity index (χ1) is 11.1. The van der Waals surface area contributed by atoms with Crippen LogP contribution in [0.25, 0.3) is 11.5 Å². The summed E-state index contributed by atoms with van der Waals surface area (Å²) in [6.07, 6.45) is 1.56. The number of carbonyl (C=O) groups excluding carboxylic acids is 1. The zero-order chi connectivity index (χ0) is 16.2. The van der Waals surface area contributed by atoms with Gasteiger partial charge in [0.25, 0.3) is 5.91 Å². The van der Waals surface area contributed by atoms with E-state index in [9.17, 15) is 4.79 Å². The summed E-state index contributed by atoms with van der Waals surface area (Å²) >= 11 is 3.37. The van der Waals surface area contributed by atoms with E-state index in [1.807, 2.05) is 43.3 Å². The molecule has 0 aliphatic heterocycles. The van der Waals surface area contributed by atoms with Gasteiger partial charge in [-0.15, -0.1) is 0 Å². The van der Waals surface area contributed by atoms with Crippen molar-refractivity contribution in [1.29, 1.82) is 0 Å². The second kappa shape index (κ2) is 6.62. The highest BCUT2D eigenvalue weighted by Gasteiger charge is 2.12. The standard InChI is InChI=1S/C16H13BrN4O2/c1-10-5-6-15(23-10)13-8-14(20-19-13)16(22)21-18-9-11-3-2-4-12(17)7-11/h2-9H,1H3,(H,19,20)(H,21,22). The zero-order valence-electron chi connectivity index (χ0n) is 12.2. The summed E-state index contributed by atoms with van der Waals surface area (Å²) in [7, 11) is 0. The van der Waals surface area contributed by atoms with Crippen LogP contribution in [0.4, 0.5) is 0 Å². The summed E-state index contributed by atoms with van der Waals surface area (Å²) in [5.74, 6) is 1.02. The van der Waals surface area contributed by atoms with Crippen molar-refractivity contribution in [2.45, 2.75) is 6.92 Å². The average Bonchev–Trinajstić information content (AvgIpc) is 3.16. The van der Waals surface area contributed by atoms with Crippen molar-refractivity contribution in [2.24, 2.45) is 5.10 Å². The molecule has 6 nitrogen and oxygen atoms in total. The van der Waals surface area contributed by atoms with Gasteiger partial charge in [-0.2, -0.15) is 10.2 Å². The van der Waals surface area contributed by atoms with E-state index in [1.165, 1.54) is 0 Å². The number of aromatic amines is 1. The summed E-state index contributed by atoms with van der Waals surface area (Å²) in [4.78, 5) is 12.0. The van der Waals surface area contributed by atoms with Crippen LogP contribution >= 0.6 is 15.9 Å². The molecule has 0 unspecified atom stereocenters. The molecule has 0 atom stereocenters. The van der Waals surface area contributed by atoms with E-state index in [2.05, 4.69) is 36.7 Å². The lowest BCUT2D eigenvalue weighted by molar-refractivity contribution is 0.0950. The van der Waals surface area contributed by atoms with Crippen LogP contribution in [0.2, 0.25) is 0 Å². The van der Waals surface area contributed by atoms with Gasteiger partial charge in [0.15, 0.2) is 11.5 Å². The fourth-order valence-electron chi connectivity index (χ4n) is 1.95. The number of aromatic nitrogens is 2. The molecule has 116 valence electrons. The number of aryl methyl sites for hydroxylation is 1. The van der Waals surface area contributed by atoms with Crippen molar-refractivity contribution in [3.05, 3.63) is 64.0 Å². The highest BCUT2D eigenvalue weighted by Crippen LogP contribution is 2.20. The number of hydrazone groups is 1. The molecule has 3 rings (SSSR count). The van der Waals surface area contributed by atoms with E-state index >= 15 is 0 Å². The smallest absolute Gasteiger partial charge is 0.291 e. The van der Waals surface area contributed by atoms with E-state index in [-0.39, 0.29) is 5.69 Å². The molecule has 0 fully saturated rings. The first-order valence-electron chi connectivity index (χ1n) is 6.83. The number of amides is 1. The molecule has 0 saturated heterocycles.